The largest absolute Gasteiger partial charge is 0.497 e. The van der Waals surface area contributed by atoms with E-state index in [-0.39, 0.29) is 5.91 Å². The molecular formula is C15H21IN2O3. The molecule has 1 aromatic carbocycles. The van der Waals surface area contributed by atoms with E-state index in [4.69, 9.17) is 9.47 Å². The summed E-state index contributed by atoms with van der Waals surface area (Å²) in [6.07, 6.45) is 3.44. The summed E-state index contributed by atoms with van der Waals surface area (Å²) in [7, 11) is 3.25. The van der Waals surface area contributed by atoms with Gasteiger partial charge in [0.1, 0.15) is 18.0 Å². The Balaban J connectivity index is 2.08. The van der Waals surface area contributed by atoms with Gasteiger partial charge in [-0.3, -0.25) is 4.79 Å². The van der Waals surface area contributed by atoms with E-state index < -0.39 is 0 Å². The van der Waals surface area contributed by atoms with E-state index in [1.165, 1.54) is 6.42 Å². The van der Waals surface area contributed by atoms with Crippen LogP contribution in [0.5, 0.6) is 11.5 Å². The van der Waals surface area contributed by atoms with E-state index >= 15 is 0 Å². The molecule has 0 bridgehead atoms. The molecule has 21 heavy (non-hydrogen) atoms. The number of carbonyl (C=O) groups excluding carboxylic acids is 1. The topological polar surface area (TPSA) is 42.0 Å². The number of piperidine rings is 1. The maximum absolute atomic E-state index is 12.3. The molecular weight excluding hydrogens is 383 g/mol. The van der Waals surface area contributed by atoms with Crippen molar-refractivity contribution >= 4 is 34.5 Å². The summed E-state index contributed by atoms with van der Waals surface area (Å²) in [4.78, 5) is 14.3. The van der Waals surface area contributed by atoms with Crippen molar-refractivity contribution in [2.24, 2.45) is 0 Å². The minimum Gasteiger partial charge on any atom is -0.497 e. The van der Waals surface area contributed by atoms with Crippen LogP contribution < -0.4 is 12.6 Å². The fourth-order valence-corrected chi connectivity index (χ4v) is 3.10. The summed E-state index contributed by atoms with van der Waals surface area (Å²) in [6.45, 7) is 2.08. The Bertz CT molecular complexity index is 490. The summed E-state index contributed by atoms with van der Waals surface area (Å²) in [5.41, 5.74) is 0.850. The summed E-state index contributed by atoms with van der Waals surface area (Å²) in [5, 5.41) is 0. The molecule has 1 amide bonds. The second-order valence-corrected chi connectivity index (χ2v) is 6.16. The SMILES string of the molecule is COc1ccc(OC)c(N(I)CC(=O)N2CCCCC2)c1. The minimum atomic E-state index is 0.161. The molecule has 1 aromatic rings. The fourth-order valence-electron chi connectivity index (χ4n) is 2.43. The smallest absolute Gasteiger partial charge is 0.242 e. The molecule has 0 N–H and O–H groups in total. The molecule has 1 aliphatic rings. The standard InChI is InChI=1S/C15H21IN2O3/c1-20-12-6-7-14(21-2)13(10-12)18(16)11-15(19)17-8-4-3-5-9-17/h6-7,10H,3-5,8-9,11H2,1-2H3. The van der Waals surface area contributed by atoms with Crippen molar-refractivity contribution in [1.29, 1.82) is 0 Å². The third-order valence-corrected chi connectivity index (χ3v) is 4.49. The number of hydrogen-bond donors (Lipinski definition) is 0. The van der Waals surface area contributed by atoms with E-state index in [1.807, 2.05) is 26.2 Å². The Kier molecular flexibility index (Phi) is 5.96. The van der Waals surface area contributed by atoms with Crippen LogP contribution in [0.3, 0.4) is 0 Å². The van der Waals surface area contributed by atoms with Gasteiger partial charge < -0.3 is 17.5 Å². The van der Waals surface area contributed by atoms with Crippen molar-refractivity contribution in [3.8, 4) is 11.5 Å². The van der Waals surface area contributed by atoms with Crippen molar-refractivity contribution in [3.05, 3.63) is 18.2 Å². The number of amides is 1. The molecule has 1 heterocycles. The minimum absolute atomic E-state index is 0.161. The molecule has 1 aliphatic heterocycles. The van der Waals surface area contributed by atoms with Crippen molar-refractivity contribution in [3.63, 3.8) is 0 Å². The number of carbonyl (C=O) groups is 1. The first kappa shape index (κ1) is 16.2. The zero-order chi connectivity index (χ0) is 15.2. The summed E-state index contributed by atoms with van der Waals surface area (Å²) in [6, 6.07) is 5.58. The third kappa shape index (κ3) is 4.15. The van der Waals surface area contributed by atoms with Crippen LogP contribution in [0.25, 0.3) is 0 Å². The second-order valence-electron chi connectivity index (χ2n) is 5.00. The Hall–Kier alpha value is -1.18. The monoisotopic (exact) mass is 404 g/mol. The van der Waals surface area contributed by atoms with Gasteiger partial charge >= 0.3 is 0 Å². The van der Waals surface area contributed by atoms with Crippen molar-refractivity contribution in [2.75, 3.05) is 37.0 Å². The predicted molar refractivity (Wildman–Crippen MR) is 91.3 cm³/mol. The molecule has 1 fully saturated rings. The molecule has 0 radical (unpaired) electrons. The number of anilines is 1. The van der Waals surface area contributed by atoms with Crippen molar-refractivity contribution in [1.82, 2.24) is 4.90 Å². The molecule has 0 saturated carbocycles. The first-order chi connectivity index (χ1) is 10.2. The van der Waals surface area contributed by atoms with Gasteiger partial charge in [-0.25, -0.2) is 0 Å². The highest BCUT2D eigenvalue weighted by Gasteiger charge is 2.20. The molecule has 0 aliphatic carbocycles. The highest BCUT2D eigenvalue weighted by molar-refractivity contribution is 14.1. The second kappa shape index (κ2) is 7.72. The predicted octanol–water partition coefficient (Wildman–Crippen LogP) is 2.87. The van der Waals surface area contributed by atoms with Crippen LogP contribution in [0, 0.1) is 0 Å². The van der Waals surface area contributed by atoms with Gasteiger partial charge in [0.25, 0.3) is 0 Å². The molecule has 0 unspecified atom stereocenters. The average molecular weight is 404 g/mol. The molecule has 116 valence electrons. The van der Waals surface area contributed by atoms with E-state index in [2.05, 4.69) is 22.9 Å². The van der Waals surface area contributed by atoms with Gasteiger partial charge in [0, 0.05) is 19.2 Å². The molecule has 6 heteroatoms. The van der Waals surface area contributed by atoms with Crippen molar-refractivity contribution in [2.45, 2.75) is 19.3 Å². The fraction of sp³-hybridized carbons (Fsp3) is 0.533. The lowest BCUT2D eigenvalue weighted by molar-refractivity contribution is -0.130. The van der Waals surface area contributed by atoms with Crippen LogP contribution >= 0.6 is 22.9 Å². The van der Waals surface area contributed by atoms with E-state index in [9.17, 15) is 4.79 Å². The summed E-state index contributed by atoms with van der Waals surface area (Å²) < 4.78 is 12.5. The number of hydrogen-bond acceptors (Lipinski definition) is 4. The first-order valence-corrected chi connectivity index (χ1v) is 8.05. The maximum atomic E-state index is 12.3. The molecule has 2 rings (SSSR count). The average Bonchev–Trinajstić information content (AvgIpc) is 2.54. The zero-order valence-electron chi connectivity index (χ0n) is 12.5. The van der Waals surface area contributed by atoms with E-state index in [1.54, 1.807) is 14.2 Å². The van der Waals surface area contributed by atoms with Crippen LogP contribution in [-0.2, 0) is 4.79 Å². The lowest BCUT2D eigenvalue weighted by Gasteiger charge is -2.29. The van der Waals surface area contributed by atoms with Gasteiger partial charge in [0.05, 0.1) is 42.8 Å². The van der Waals surface area contributed by atoms with Crippen LogP contribution in [-0.4, -0.2) is 44.7 Å². The number of ether oxygens (including phenoxy) is 2. The van der Waals surface area contributed by atoms with Crippen LogP contribution in [0.1, 0.15) is 19.3 Å². The lowest BCUT2D eigenvalue weighted by atomic mass is 10.1. The number of rotatable bonds is 5. The normalized spacial score (nSPS) is 14.7. The zero-order valence-corrected chi connectivity index (χ0v) is 14.6. The highest BCUT2D eigenvalue weighted by Crippen LogP contribution is 2.34. The number of nitrogens with zero attached hydrogens (tertiary/aromatic N) is 2. The van der Waals surface area contributed by atoms with Crippen LogP contribution in [0.4, 0.5) is 5.69 Å². The van der Waals surface area contributed by atoms with Gasteiger partial charge in [-0.2, -0.15) is 0 Å². The third-order valence-electron chi connectivity index (χ3n) is 3.63. The van der Waals surface area contributed by atoms with Crippen molar-refractivity contribution < 1.29 is 14.3 Å². The lowest BCUT2D eigenvalue weighted by Crippen LogP contribution is -2.40. The van der Waals surface area contributed by atoms with Gasteiger partial charge in [0.2, 0.25) is 5.91 Å². The number of likely N-dealkylation sites (tertiary alicyclic amines) is 1. The molecule has 1 saturated heterocycles. The van der Waals surface area contributed by atoms with E-state index in [0.29, 0.717) is 6.54 Å². The Morgan fingerprint density at radius 1 is 1.24 bits per heavy atom. The quantitative estimate of drug-likeness (QED) is 0.559. The number of benzene rings is 1. The van der Waals surface area contributed by atoms with Gasteiger partial charge in [0.15, 0.2) is 0 Å². The molecule has 5 nitrogen and oxygen atoms in total. The van der Waals surface area contributed by atoms with E-state index in [0.717, 1.165) is 43.1 Å². The maximum Gasteiger partial charge on any atom is 0.242 e. The van der Waals surface area contributed by atoms with Crippen LogP contribution in [0.2, 0.25) is 0 Å². The Morgan fingerprint density at radius 3 is 2.57 bits per heavy atom. The van der Waals surface area contributed by atoms with Gasteiger partial charge in [-0.15, -0.1) is 0 Å². The summed E-state index contributed by atoms with van der Waals surface area (Å²) >= 11 is 2.15. The molecule has 0 atom stereocenters. The number of halogens is 1. The first-order valence-electron chi connectivity index (χ1n) is 7.09. The van der Waals surface area contributed by atoms with Gasteiger partial charge in [-0.05, 0) is 31.4 Å². The van der Waals surface area contributed by atoms with Gasteiger partial charge in [-0.1, -0.05) is 0 Å². The summed E-state index contributed by atoms with van der Waals surface area (Å²) in [5.74, 6) is 1.64. The number of methoxy groups -OCH3 is 2. The highest BCUT2D eigenvalue weighted by atomic mass is 127. The van der Waals surface area contributed by atoms with Crippen LogP contribution in [0.15, 0.2) is 18.2 Å². The Labute approximate surface area is 139 Å². The molecule has 0 spiro atoms. The Morgan fingerprint density at radius 2 is 1.95 bits per heavy atom. The molecule has 0 aromatic heterocycles.